The highest BCUT2D eigenvalue weighted by Gasteiger charge is 2.37. The third-order valence-electron chi connectivity index (χ3n) is 3.82. The summed E-state index contributed by atoms with van der Waals surface area (Å²) < 4.78 is 10.5. The second-order valence-electron chi connectivity index (χ2n) is 5.67. The number of nitrogens with one attached hydrogen (secondary N) is 1. The number of nitrogens with zero attached hydrogens (tertiary/aromatic N) is 1. The van der Waals surface area contributed by atoms with E-state index in [4.69, 9.17) is 9.47 Å². The summed E-state index contributed by atoms with van der Waals surface area (Å²) in [6.07, 6.45) is 1.24. The quantitative estimate of drug-likeness (QED) is 0.269. The van der Waals surface area contributed by atoms with Crippen LogP contribution in [0.25, 0.3) is 6.08 Å². The Kier molecular flexibility index (Phi) is 5.50. The molecule has 28 heavy (non-hydrogen) atoms. The molecule has 0 fully saturated rings. The van der Waals surface area contributed by atoms with Gasteiger partial charge in [-0.2, -0.15) is 0 Å². The zero-order valence-electron chi connectivity index (χ0n) is 14.9. The minimum absolute atomic E-state index is 0.0808. The van der Waals surface area contributed by atoms with Gasteiger partial charge in [0.15, 0.2) is 11.3 Å². The van der Waals surface area contributed by atoms with Crippen molar-refractivity contribution < 1.29 is 24.0 Å². The third kappa shape index (κ3) is 3.90. The Morgan fingerprint density at radius 1 is 1.18 bits per heavy atom. The Morgan fingerprint density at radius 3 is 2.54 bits per heavy atom. The smallest absolute Gasteiger partial charge is 0.347 e. The van der Waals surface area contributed by atoms with Crippen LogP contribution in [0.2, 0.25) is 0 Å². The van der Waals surface area contributed by atoms with Crippen LogP contribution in [0.4, 0.5) is 11.4 Å². The maximum atomic E-state index is 12.7. The van der Waals surface area contributed by atoms with E-state index in [0.29, 0.717) is 5.69 Å². The first-order chi connectivity index (χ1) is 13.5. The van der Waals surface area contributed by atoms with E-state index in [-0.39, 0.29) is 35.1 Å². The lowest BCUT2D eigenvalue weighted by Gasteiger charge is -2.08. The van der Waals surface area contributed by atoms with E-state index in [1.54, 1.807) is 37.3 Å². The number of esters is 1. The van der Waals surface area contributed by atoms with Crippen LogP contribution in [0.5, 0.6) is 0 Å². The van der Waals surface area contributed by atoms with Crippen molar-refractivity contribution in [2.24, 2.45) is 0 Å². The Bertz CT molecular complexity index is 995. The SMILES string of the molecule is CCOC(=O)C1=C(Nc2ccccc2)O/C(=C\c2ccccc2[N+](=O)[O-])C1=O. The molecule has 142 valence electrons. The van der Waals surface area contributed by atoms with Gasteiger partial charge in [0.1, 0.15) is 0 Å². The lowest BCUT2D eigenvalue weighted by Crippen LogP contribution is -2.16. The van der Waals surface area contributed by atoms with Crippen molar-refractivity contribution in [3.63, 3.8) is 0 Å². The topological polar surface area (TPSA) is 108 Å². The maximum Gasteiger partial charge on any atom is 0.347 e. The molecule has 1 aliphatic heterocycles. The number of benzene rings is 2. The number of carbonyl (C=O) groups is 2. The first kappa shape index (κ1) is 18.8. The van der Waals surface area contributed by atoms with Crippen LogP contribution in [-0.2, 0) is 19.1 Å². The number of rotatable bonds is 6. The Morgan fingerprint density at radius 2 is 1.86 bits per heavy atom. The van der Waals surface area contributed by atoms with Crippen molar-refractivity contribution in [2.75, 3.05) is 11.9 Å². The molecule has 8 nitrogen and oxygen atoms in total. The summed E-state index contributed by atoms with van der Waals surface area (Å²) in [4.78, 5) is 35.7. The van der Waals surface area contributed by atoms with E-state index in [9.17, 15) is 19.7 Å². The Balaban J connectivity index is 1.99. The monoisotopic (exact) mass is 380 g/mol. The van der Waals surface area contributed by atoms with Crippen molar-refractivity contribution in [3.8, 4) is 0 Å². The summed E-state index contributed by atoms with van der Waals surface area (Å²) in [6, 6.07) is 14.7. The molecule has 1 aliphatic rings. The average Bonchev–Trinajstić information content (AvgIpc) is 2.98. The van der Waals surface area contributed by atoms with Gasteiger partial charge in [0, 0.05) is 11.8 Å². The van der Waals surface area contributed by atoms with Crippen LogP contribution in [-0.4, -0.2) is 23.3 Å². The number of ketones is 1. The van der Waals surface area contributed by atoms with Crippen molar-refractivity contribution >= 4 is 29.2 Å². The lowest BCUT2D eigenvalue weighted by molar-refractivity contribution is -0.385. The minimum Gasteiger partial charge on any atom is -0.462 e. The van der Waals surface area contributed by atoms with Crippen LogP contribution >= 0.6 is 0 Å². The molecule has 0 aliphatic carbocycles. The van der Waals surface area contributed by atoms with Gasteiger partial charge in [0.25, 0.3) is 5.69 Å². The van der Waals surface area contributed by atoms with Crippen LogP contribution in [0.1, 0.15) is 12.5 Å². The molecule has 0 unspecified atom stereocenters. The van der Waals surface area contributed by atoms with E-state index in [1.807, 2.05) is 6.07 Å². The van der Waals surface area contributed by atoms with Crippen LogP contribution in [0.15, 0.2) is 71.8 Å². The predicted molar refractivity (Wildman–Crippen MR) is 101 cm³/mol. The molecule has 0 amide bonds. The van der Waals surface area contributed by atoms with Crippen molar-refractivity contribution in [1.29, 1.82) is 0 Å². The van der Waals surface area contributed by atoms with Gasteiger partial charge in [-0.15, -0.1) is 0 Å². The fourth-order valence-electron chi connectivity index (χ4n) is 2.58. The second-order valence-corrected chi connectivity index (χ2v) is 5.67. The molecule has 0 aromatic heterocycles. The molecule has 1 N–H and O–H groups in total. The van der Waals surface area contributed by atoms with Gasteiger partial charge in [0.05, 0.1) is 17.1 Å². The number of hydrogen-bond acceptors (Lipinski definition) is 7. The van der Waals surface area contributed by atoms with Crippen LogP contribution < -0.4 is 5.32 Å². The normalized spacial score (nSPS) is 14.8. The van der Waals surface area contributed by atoms with E-state index in [1.165, 1.54) is 24.3 Å². The molecule has 3 rings (SSSR count). The third-order valence-corrected chi connectivity index (χ3v) is 3.82. The predicted octanol–water partition coefficient (Wildman–Crippen LogP) is 3.42. The number of allylic oxidation sites excluding steroid dienone is 1. The highest BCUT2D eigenvalue weighted by Crippen LogP contribution is 2.30. The summed E-state index contributed by atoms with van der Waals surface area (Å²) in [6.45, 7) is 1.70. The summed E-state index contributed by atoms with van der Waals surface area (Å²) >= 11 is 0. The fourth-order valence-corrected chi connectivity index (χ4v) is 2.58. The standard InChI is InChI=1S/C20H16N2O6/c1-2-27-20(24)17-18(23)16(12-13-8-6-7-11-15(13)22(25)26)28-19(17)21-14-9-4-3-5-10-14/h3-12,21H,2H2,1H3/b16-12-. The average molecular weight is 380 g/mol. The molecule has 0 bridgehead atoms. The molecule has 8 heteroatoms. The molecule has 2 aromatic rings. The summed E-state index contributed by atoms with van der Waals surface area (Å²) in [7, 11) is 0. The van der Waals surface area contributed by atoms with E-state index in [2.05, 4.69) is 5.32 Å². The summed E-state index contributed by atoms with van der Waals surface area (Å²) in [5.74, 6) is -1.85. The number of nitro groups is 1. The number of hydrogen-bond donors (Lipinski definition) is 1. The molecular formula is C20H16N2O6. The summed E-state index contributed by atoms with van der Waals surface area (Å²) in [5.41, 5.74) is 0.295. The number of para-hydroxylation sites is 2. The summed E-state index contributed by atoms with van der Waals surface area (Å²) in [5, 5.41) is 14.1. The highest BCUT2D eigenvalue weighted by atomic mass is 16.6. The zero-order chi connectivity index (χ0) is 20.1. The number of carbonyl (C=O) groups excluding carboxylic acids is 2. The number of ether oxygens (including phenoxy) is 2. The van der Waals surface area contributed by atoms with E-state index in [0.717, 1.165) is 0 Å². The molecular weight excluding hydrogens is 364 g/mol. The van der Waals surface area contributed by atoms with Crippen LogP contribution in [0.3, 0.4) is 0 Å². The second kappa shape index (κ2) is 8.17. The minimum atomic E-state index is -0.836. The first-order valence-corrected chi connectivity index (χ1v) is 8.42. The first-order valence-electron chi connectivity index (χ1n) is 8.42. The van der Waals surface area contributed by atoms with Gasteiger partial charge in [-0.1, -0.05) is 30.3 Å². The number of Topliss-reactive ketones (excluding diaryl/α,β-unsaturated/α-hetero) is 1. The molecule has 2 aromatic carbocycles. The van der Waals surface area contributed by atoms with Gasteiger partial charge in [-0.25, -0.2) is 4.79 Å². The van der Waals surface area contributed by atoms with Gasteiger partial charge >= 0.3 is 5.97 Å². The van der Waals surface area contributed by atoms with Crippen molar-refractivity contribution in [3.05, 3.63) is 87.5 Å². The fraction of sp³-hybridized carbons (Fsp3) is 0.100. The highest BCUT2D eigenvalue weighted by molar-refractivity contribution is 6.26. The van der Waals surface area contributed by atoms with Crippen molar-refractivity contribution in [2.45, 2.75) is 6.92 Å². The molecule has 0 atom stereocenters. The van der Waals surface area contributed by atoms with E-state index < -0.39 is 16.7 Å². The van der Waals surface area contributed by atoms with Crippen LogP contribution in [0, 0.1) is 10.1 Å². The molecule has 0 saturated carbocycles. The van der Waals surface area contributed by atoms with Gasteiger partial charge < -0.3 is 14.8 Å². The molecule has 0 radical (unpaired) electrons. The Hall–Kier alpha value is -3.94. The zero-order valence-corrected chi connectivity index (χ0v) is 14.9. The number of nitro benzene ring substituents is 1. The van der Waals surface area contributed by atoms with Gasteiger partial charge in [0.2, 0.25) is 11.7 Å². The lowest BCUT2D eigenvalue weighted by atomic mass is 10.1. The largest absolute Gasteiger partial charge is 0.462 e. The Labute approximate surface area is 160 Å². The van der Waals surface area contributed by atoms with Crippen molar-refractivity contribution in [1.82, 2.24) is 0 Å². The maximum absolute atomic E-state index is 12.7. The molecule has 1 heterocycles. The van der Waals surface area contributed by atoms with Gasteiger partial charge in [-0.3, -0.25) is 14.9 Å². The van der Waals surface area contributed by atoms with Gasteiger partial charge in [-0.05, 0) is 31.2 Å². The molecule has 0 saturated heterocycles. The number of anilines is 1. The molecule has 0 spiro atoms. The van der Waals surface area contributed by atoms with E-state index >= 15 is 0 Å².